The van der Waals surface area contributed by atoms with Crippen LogP contribution in [0.3, 0.4) is 0 Å². The van der Waals surface area contributed by atoms with Crippen LogP contribution in [-0.2, 0) is 19.1 Å². The van der Waals surface area contributed by atoms with E-state index in [1.54, 1.807) is 0 Å². The first-order valence-corrected chi connectivity index (χ1v) is 12.4. The van der Waals surface area contributed by atoms with Gasteiger partial charge in [0.25, 0.3) is 0 Å². The van der Waals surface area contributed by atoms with Crippen molar-refractivity contribution in [2.24, 2.45) is 39.6 Å². The quantitative estimate of drug-likeness (QED) is 0.484. The predicted octanol–water partition coefficient (Wildman–Crippen LogP) is 4.30. The Morgan fingerprint density at radius 2 is 1.84 bits per heavy atom. The third kappa shape index (κ3) is 4.19. The molecular weight excluding hydrogens is 408 g/mol. The number of carbonyl (C=O) groups is 3. The van der Waals surface area contributed by atoms with E-state index in [0.717, 1.165) is 44.2 Å². The van der Waals surface area contributed by atoms with Gasteiger partial charge < -0.3 is 9.84 Å². The Labute approximate surface area is 190 Å². The lowest BCUT2D eigenvalue weighted by molar-refractivity contribution is -0.158. The molecule has 0 aromatic carbocycles. The van der Waals surface area contributed by atoms with E-state index in [2.05, 4.69) is 24.4 Å². The minimum atomic E-state index is -0.968. The number of fused-ring (bicyclic) bond motifs is 5. The molecule has 0 heterocycles. The maximum absolute atomic E-state index is 12.0. The zero-order valence-electron chi connectivity index (χ0n) is 19.7. The Kier molecular flexibility index (Phi) is 6.38. The molecule has 0 aromatic rings. The molecule has 2 N–H and O–H groups in total. The van der Waals surface area contributed by atoms with Gasteiger partial charge in [0.1, 0.15) is 6.10 Å². The van der Waals surface area contributed by atoms with Crippen molar-refractivity contribution in [3.05, 3.63) is 0 Å². The lowest BCUT2D eigenvalue weighted by atomic mass is 9.45. The molecule has 4 rings (SSSR count). The number of carboxylic acid groups (broad SMARTS) is 1. The Balaban J connectivity index is 1.44. The van der Waals surface area contributed by atoms with Crippen molar-refractivity contribution in [1.29, 1.82) is 0 Å². The lowest BCUT2D eigenvalue weighted by Gasteiger charge is -2.60. The van der Waals surface area contributed by atoms with E-state index in [-0.39, 0.29) is 36.2 Å². The summed E-state index contributed by atoms with van der Waals surface area (Å²) in [5, 5.41) is 13.3. The van der Waals surface area contributed by atoms with E-state index in [4.69, 9.17) is 9.84 Å². The molecule has 0 spiro atoms. The van der Waals surface area contributed by atoms with Crippen molar-refractivity contribution in [1.82, 2.24) is 5.43 Å². The highest BCUT2D eigenvalue weighted by molar-refractivity contribution is 5.93. The number of amides is 1. The number of carboxylic acids is 1. The highest BCUT2D eigenvalue weighted by Gasteiger charge is 2.59. The molecule has 4 aliphatic carbocycles. The van der Waals surface area contributed by atoms with E-state index in [0.29, 0.717) is 29.1 Å². The fourth-order valence-corrected chi connectivity index (χ4v) is 7.94. The maximum Gasteiger partial charge on any atom is 0.303 e. The molecule has 0 unspecified atom stereocenters. The van der Waals surface area contributed by atoms with Gasteiger partial charge in [-0.3, -0.25) is 14.4 Å². The molecular formula is C25H38N2O5. The number of rotatable bonds is 5. The van der Waals surface area contributed by atoms with Crippen LogP contribution in [0.5, 0.6) is 0 Å². The number of nitrogens with one attached hydrogen (secondary N) is 1. The van der Waals surface area contributed by atoms with Crippen LogP contribution in [0.1, 0.15) is 91.4 Å². The molecule has 32 heavy (non-hydrogen) atoms. The fraction of sp³-hybridized carbons (Fsp3) is 0.840. The first-order valence-electron chi connectivity index (χ1n) is 12.4. The molecule has 0 aliphatic heterocycles. The standard InChI is InChI=1S/C25H38N2O5/c1-15(28)32-17-10-12-24(2)16(14-17)4-5-18-19-6-7-21(25(19,3)13-11-20(18)24)26-27-22(29)8-9-23(30)31/h16-20H,4-14H2,1-3H3,(H,27,29)(H,30,31)/b26-21-/t16-,17-,18-,19-,20-,24-,25-/m0/s1. The predicted molar refractivity (Wildman–Crippen MR) is 120 cm³/mol. The van der Waals surface area contributed by atoms with Crippen molar-refractivity contribution in [3.63, 3.8) is 0 Å². The maximum atomic E-state index is 12.0. The van der Waals surface area contributed by atoms with Crippen LogP contribution in [0.15, 0.2) is 5.10 Å². The summed E-state index contributed by atoms with van der Waals surface area (Å²) in [5.74, 6) is 1.18. The first-order chi connectivity index (χ1) is 15.1. The van der Waals surface area contributed by atoms with Gasteiger partial charge in [0.15, 0.2) is 0 Å². The summed E-state index contributed by atoms with van der Waals surface area (Å²) in [7, 11) is 0. The highest BCUT2D eigenvalue weighted by atomic mass is 16.5. The van der Waals surface area contributed by atoms with Crippen molar-refractivity contribution in [3.8, 4) is 0 Å². The largest absolute Gasteiger partial charge is 0.481 e. The van der Waals surface area contributed by atoms with E-state index in [1.165, 1.54) is 26.2 Å². The zero-order chi connectivity index (χ0) is 23.1. The van der Waals surface area contributed by atoms with Gasteiger partial charge in [-0.25, -0.2) is 5.43 Å². The normalized spacial score (nSPS) is 41.8. The SMILES string of the molecule is CC(=O)O[C@H]1CC[C@@]2(C)[C@@H](CC[C@@H]3[C@@H]2CC[C@]2(C)/C(=N\NC(=O)CCC(=O)O)CC[C@@H]32)C1. The summed E-state index contributed by atoms with van der Waals surface area (Å²) < 4.78 is 5.58. The van der Waals surface area contributed by atoms with Crippen molar-refractivity contribution >= 4 is 23.6 Å². The van der Waals surface area contributed by atoms with E-state index < -0.39 is 5.97 Å². The average molecular weight is 447 g/mol. The number of hydrogen-bond acceptors (Lipinski definition) is 5. The second-order valence-corrected chi connectivity index (χ2v) is 11.1. The topological polar surface area (TPSA) is 105 Å². The smallest absolute Gasteiger partial charge is 0.303 e. The summed E-state index contributed by atoms with van der Waals surface area (Å²) in [4.78, 5) is 34.1. The Morgan fingerprint density at radius 1 is 1.06 bits per heavy atom. The van der Waals surface area contributed by atoms with Gasteiger partial charge in [-0.1, -0.05) is 13.8 Å². The summed E-state index contributed by atoms with van der Waals surface area (Å²) in [5.41, 5.74) is 4.07. The van der Waals surface area contributed by atoms with E-state index in [9.17, 15) is 14.4 Å². The van der Waals surface area contributed by atoms with Gasteiger partial charge in [-0.05, 0) is 86.9 Å². The molecule has 7 heteroatoms. The van der Waals surface area contributed by atoms with Crippen LogP contribution in [0, 0.1) is 34.5 Å². The summed E-state index contributed by atoms with van der Waals surface area (Å²) >= 11 is 0. The zero-order valence-corrected chi connectivity index (χ0v) is 19.7. The molecule has 0 saturated heterocycles. The van der Waals surface area contributed by atoms with Crippen LogP contribution >= 0.6 is 0 Å². The molecule has 0 radical (unpaired) electrons. The molecule has 0 aromatic heterocycles. The number of hydrogen-bond donors (Lipinski definition) is 2. The summed E-state index contributed by atoms with van der Waals surface area (Å²) in [6.45, 7) is 6.34. The van der Waals surface area contributed by atoms with Crippen LogP contribution < -0.4 is 5.43 Å². The van der Waals surface area contributed by atoms with E-state index in [1.807, 2.05) is 0 Å². The van der Waals surface area contributed by atoms with Gasteiger partial charge in [0.2, 0.25) is 5.91 Å². The van der Waals surface area contributed by atoms with Gasteiger partial charge in [-0.2, -0.15) is 5.10 Å². The molecule has 7 atom stereocenters. The number of aliphatic carboxylic acids is 1. The van der Waals surface area contributed by atoms with Gasteiger partial charge in [0.05, 0.1) is 6.42 Å². The van der Waals surface area contributed by atoms with Crippen molar-refractivity contribution in [2.45, 2.75) is 97.5 Å². The number of carbonyl (C=O) groups excluding carboxylic acids is 2. The number of hydrazone groups is 1. The highest BCUT2D eigenvalue weighted by Crippen LogP contribution is 2.65. The summed E-state index contributed by atoms with van der Waals surface area (Å²) in [6.07, 6.45) is 9.78. The Hall–Kier alpha value is -1.92. The third-order valence-electron chi connectivity index (χ3n) is 9.57. The number of esters is 1. The minimum Gasteiger partial charge on any atom is -0.481 e. The van der Waals surface area contributed by atoms with Crippen LogP contribution in [0.4, 0.5) is 0 Å². The fourth-order valence-electron chi connectivity index (χ4n) is 7.94. The van der Waals surface area contributed by atoms with Crippen LogP contribution in [0.25, 0.3) is 0 Å². The molecule has 4 fully saturated rings. The molecule has 178 valence electrons. The van der Waals surface area contributed by atoms with Crippen LogP contribution in [-0.4, -0.2) is 34.8 Å². The van der Waals surface area contributed by atoms with Crippen molar-refractivity contribution < 1.29 is 24.2 Å². The van der Waals surface area contributed by atoms with Crippen LogP contribution in [0.2, 0.25) is 0 Å². The summed E-state index contributed by atoms with van der Waals surface area (Å²) in [6, 6.07) is 0. The van der Waals surface area contributed by atoms with Gasteiger partial charge in [0, 0.05) is 24.5 Å². The second-order valence-electron chi connectivity index (χ2n) is 11.1. The second kappa shape index (κ2) is 8.79. The molecule has 0 bridgehead atoms. The van der Waals surface area contributed by atoms with E-state index >= 15 is 0 Å². The lowest BCUT2D eigenvalue weighted by Crippen LogP contribution is -2.54. The van der Waals surface area contributed by atoms with Gasteiger partial charge >= 0.3 is 11.9 Å². The average Bonchev–Trinajstić information content (AvgIpc) is 3.07. The Bertz CT molecular complexity index is 810. The molecule has 7 nitrogen and oxygen atoms in total. The Morgan fingerprint density at radius 3 is 2.56 bits per heavy atom. The number of ether oxygens (including phenoxy) is 1. The molecule has 4 saturated carbocycles. The molecule has 4 aliphatic rings. The first kappa shape index (κ1) is 23.2. The van der Waals surface area contributed by atoms with Crippen molar-refractivity contribution in [2.75, 3.05) is 0 Å². The number of nitrogens with zero attached hydrogens (tertiary/aromatic N) is 1. The van der Waals surface area contributed by atoms with Gasteiger partial charge in [-0.15, -0.1) is 0 Å². The monoisotopic (exact) mass is 446 g/mol. The minimum absolute atomic E-state index is 0.0272. The molecule has 1 amide bonds. The third-order valence-corrected chi connectivity index (χ3v) is 9.57.